The number of rotatable bonds is 4. The second-order valence-electron chi connectivity index (χ2n) is 4.01. The van der Waals surface area contributed by atoms with Crippen LogP contribution in [0.3, 0.4) is 0 Å². The number of carbonyl (C=O) groups is 2. The van der Waals surface area contributed by atoms with Crippen LogP contribution in [0, 0.1) is 0 Å². The molecule has 1 heterocycles. The SMILES string of the molecule is COC(=O)COc1cccc(N2CCCC2=O)c1. The van der Waals surface area contributed by atoms with Gasteiger partial charge in [0.25, 0.3) is 0 Å². The Morgan fingerprint density at radius 2 is 2.28 bits per heavy atom. The van der Waals surface area contributed by atoms with Crippen LogP contribution in [0.4, 0.5) is 5.69 Å². The molecule has 1 amide bonds. The molecule has 96 valence electrons. The maximum absolute atomic E-state index is 11.6. The predicted octanol–water partition coefficient (Wildman–Crippen LogP) is 1.37. The highest BCUT2D eigenvalue weighted by atomic mass is 16.6. The van der Waals surface area contributed by atoms with Gasteiger partial charge in [0, 0.05) is 24.7 Å². The van der Waals surface area contributed by atoms with E-state index in [-0.39, 0.29) is 12.5 Å². The summed E-state index contributed by atoms with van der Waals surface area (Å²) >= 11 is 0. The number of methoxy groups -OCH3 is 1. The maximum atomic E-state index is 11.6. The highest BCUT2D eigenvalue weighted by molar-refractivity contribution is 5.95. The van der Waals surface area contributed by atoms with Crippen LogP contribution in [-0.4, -0.2) is 32.1 Å². The zero-order valence-electron chi connectivity index (χ0n) is 10.2. The Hall–Kier alpha value is -2.04. The molecule has 1 aromatic carbocycles. The molecule has 1 aliphatic heterocycles. The first-order valence-corrected chi connectivity index (χ1v) is 5.81. The minimum atomic E-state index is -0.433. The highest BCUT2D eigenvalue weighted by Gasteiger charge is 2.21. The fraction of sp³-hybridized carbons (Fsp3) is 0.385. The molecule has 5 heteroatoms. The van der Waals surface area contributed by atoms with Gasteiger partial charge in [0.2, 0.25) is 5.91 Å². The van der Waals surface area contributed by atoms with Crippen molar-refractivity contribution in [3.05, 3.63) is 24.3 Å². The van der Waals surface area contributed by atoms with Crippen LogP contribution in [0.25, 0.3) is 0 Å². The van der Waals surface area contributed by atoms with Crippen LogP contribution in [0.2, 0.25) is 0 Å². The molecule has 1 fully saturated rings. The molecule has 0 aromatic heterocycles. The van der Waals surface area contributed by atoms with Gasteiger partial charge in [-0.2, -0.15) is 0 Å². The van der Waals surface area contributed by atoms with E-state index in [0.717, 1.165) is 18.7 Å². The number of hydrogen-bond acceptors (Lipinski definition) is 4. The highest BCUT2D eigenvalue weighted by Crippen LogP contribution is 2.25. The molecule has 0 unspecified atom stereocenters. The lowest BCUT2D eigenvalue weighted by Crippen LogP contribution is -2.23. The molecule has 5 nitrogen and oxygen atoms in total. The van der Waals surface area contributed by atoms with Gasteiger partial charge in [0.15, 0.2) is 6.61 Å². The van der Waals surface area contributed by atoms with Crippen molar-refractivity contribution in [3.63, 3.8) is 0 Å². The molecule has 0 N–H and O–H groups in total. The first kappa shape index (κ1) is 12.4. The number of nitrogens with zero attached hydrogens (tertiary/aromatic N) is 1. The summed E-state index contributed by atoms with van der Waals surface area (Å²) in [6.07, 6.45) is 1.47. The largest absolute Gasteiger partial charge is 0.482 e. The van der Waals surface area contributed by atoms with Crippen molar-refractivity contribution in [1.29, 1.82) is 0 Å². The first-order valence-electron chi connectivity index (χ1n) is 5.81. The van der Waals surface area contributed by atoms with Crippen LogP contribution in [0.1, 0.15) is 12.8 Å². The predicted molar refractivity (Wildman–Crippen MR) is 65.5 cm³/mol. The lowest BCUT2D eigenvalue weighted by Gasteiger charge is -2.16. The maximum Gasteiger partial charge on any atom is 0.343 e. The molecular formula is C13H15NO4. The van der Waals surface area contributed by atoms with Crippen molar-refractivity contribution < 1.29 is 19.1 Å². The second-order valence-corrected chi connectivity index (χ2v) is 4.01. The molecule has 1 aliphatic rings. The van der Waals surface area contributed by atoms with E-state index >= 15 is 0 Å². The van der Waals surface area contributed by atoms with Gasteiger partial charge in [-0.15, -0.1) is 0 Å². The molecule has 0 saturated carbocycles. The summed E-state index contributed by atoms with van der Waals surface area (Å²) in [6.45, 7) is 0.604. The lowest BCUT2D eigenvalue weighted by molar-refractivity contribution is -0.142. The summed E-state index contributed by atoms with van der Waals surface area (Å²) in [5, 5.41) is 0. The number of ether oxygens (including phenoxy) is 2. The number of benzene rings is 1. The molecule has 1 saturated heterocycles. The smallest absolute Gasteiger partial charge is 0.343 e. The second kappa shape index (κ2) is 5.53. The van der Waals surface area contributed by atoms with Gasteiger partial charge >= 0.3 is 5.97 Å². The molecule has 0 bridgehead atoms. The number of amides is 1. The minimum Gasteiger partial charge on any atom is -0.482 e. The van der Waals surface area contributed by atoms with Crippen molar-refractivity contribution in [1.82, 2.24) is 0 Å². The van der Waals surface area contributed by atoms with E-state index in [0.29, 0.717) is 12.2 Å². The normalized spacial score (nSPS) is 14.7. The molecule has 1 aromatic rings. The number of esters is 1. The van der Waals surface area contributed by atoms with Crippen LogP contribution >= 0.6 is 0 Å². The third-order valence-corrected chi connectivity index (χ3v) is 2.79. The van der Waals surface area contributed by atoms with E-state index in [9.17, 15) is 9.59 Å². The zero-order chi connectivity index (χ0) is 13.0. The summed E-state index contributed by atoms with van der Waals surface area (Å²) in [4.78, 5) is 24.3. The van der Waals surface area contributed by atoms with Gasteiger partial charge in [0.05, 0.1) is 7.11 Å². The Morgan fingerprint density at radius 1 is 1.44 bits per heavy atom. The van der Waals surface area contributed by atoms with Gasteiger partial charge in [-0.3, -0.25) is 4.79 Å². The van der Waals surface area contributed by atoms with Gasteiger partial charge in [-0.1, -0.05) is 6.07 Å². The van der Waals surface area contributed by atoms with E-state index in [1.54, 1.807) is 23.1 Å². The third kappa shape index (κ3) is 2.80. The fourth-order valence-corrected chi connectivity index (χ4v) is 1.86. The number of hydrogen-bond donors (Lipinski definition) is 0. The first-order chi connectivity index (χ1) is 8.70. The summed E-state index contributed by atoms with van der Waals surface area (Å²) in [7, 11) is 1.31. The summed E-state index contributed by atoms with van der Waals surface area (Å²) in [5.41, 5.74) is 0.805. The van der Waals surface area contributed by atoms with E-state index in [1.165, 1.54) is 7.11 Å². The quantitative estimate of drug-likeness (QED) is 0.756. The Bertz CT molecular complexity index is 458. The van der Waals surface area contributed by atoms with Gasteiger partial charge in [-0.05, 0) is 18.6 Å². The fourth-order valence-electron chi connectivity index (χ4n) is 1.86. The summed E-state index contributed by atoms with van der Waals surface area (Å²) in [6, 6.07) is 7.15. The summed E-state index contributed by atoms with van der Waals surface area (Å²) in [5.74, 6) is 0.246. The van der Waals surface area contributed by atoms with Crippen LogP contribution in [0.5, 0.6) is 5.75 Å². The molecule has 0 aliphatic carbocycles. The van der Waals surface area contributed by atoms with Crippen molar-refractivity contribution in [2.45, 2.75) is 12.8 Å². The molecule has 2 rings (SSSR count). The Balaban J connectivity index is 2.05. The standard InChI is InChI=1S/C13H15NO4/c1-17-13(16)9-18-11-5-2-4-10(8-11)14-7-3-6-12(14)15/h2,4-5,8H,3,6-7,9H2,1H3. The van der Waals surface area contributed by atoms with E-state index in [2.05, 4.69) is 4.74 Å². The molecule has 0 atom stereocenters. The molecular weight excluding hydrogens is 234 g/mol. The molecule has 0 radical (unpaired) electrons. The van der Waals surface area contributed by atoms with Gasteiger partial charge in [-0.25, -0.2) is 4.79 Å². The van der Waals surface area contributed by atoms with Crippen LogP contribution < -0.4 is 9.64 Å². The summed E-state index contributed by atoms with van der Waals surface area (Å²) < 4.78 is 9.77. The average molecular weight is 249 g/mol. The molecule has 0 spiro atoms. The van der Waals surface area contributed by atoms with Crippen molar-refractivity contribution in [2.75, 3.05) is 25.2 Å². The van der Waals surface area contributed by atoms with Crippen LogP contribution in [-0.2, 0) is 14.3 Å². The molecule has 18 heavy (non-hydrogen) atoms. The lowest BCUT2D eigenvalue weighted by atomic mass is 10.3. The Kier molecular flexibility index (Phi) is 3.82. The number of anilines is 1. The Morgan fingerprint density at radius 3 is 2.94 bits per heavy atom. The van der Waals surface area contributed by atoms with Crippen molar-refractivity contribution >= 4 is 17.6 Å². The van der Waals surface area contributed by atoms with E-state index in [4.69, 9.17) is 4.74 Å². The zero-order valence-corrected chi connectivity index (χ0v) is 10.2. The topological polar surface area (TPSA) is 55.8 Å². The van der Waals surface area contributed by atoms with E-state index in [1.807, 2.05) is 6.07 Å². The monoisotopic (exact) mass is 249 g/mol. The van der Waals surface area contributed by atoms with E-state index < -0.39 is 5.97 Å². The third-order valence-electron chi connectivity index (χ3n) is 2.79. The minimum absolute atomic E-state index is 0.125. The van der Waals surface area contributed by atoms with Gasteiger partial charge < -0.3 is 14.4 Å². The average Bonchev–Trinajstić information content (AvgIpc) is 2.82. The van der Waals surface area contributed by atoms with Crippen LogP contribution in [0.15, 0.2) is 24.3 Å². The van der Waals surface area contributed by atoms with Crippen molar-refractivity contribution in [3.8, 4) is 5.75 Å². The number of carbonyl (C=O) groups excluding carboxylic acids is 2. The van der Waals surface area contributed by atoms with Crippen molar-refractivity contribution in [2.24, 2.45) is 0 Å². The Labute approximate surface area is 105 Å². The van der Waals surface area contributed by atoms with Gasteiger partial charge in [0.1, 0.15) is 5.75 Å².